The summed E-state index contributed by atoms with van der Waals surface area (Å²) >= 11 is 0. The number of nitrogens with two attached hydrogens (primary N) is 2. The molecule has 0 aliphatic heterocycles. The van der Waals surface area contributed by atoms with Crippen LogP contribution in [0.2, 0.25) is 0 Å². The second-order valence-corrected chi connectivity index (χ2v) is 4.68. The zero-order valence-corrected chi connectivity index (χ0v) is 10.8. The van der Waals surface area contributed by atoms with Crippen LogP contribution in [0.5, 0.6) is 0 Å². The van der Waals surface area contributed by atoms with Crippen molar-refractivity contribution in [2.75, 3.05) is 32.9 Å². The number of hydrogen-bond donors (Lipinski definition) is 4. The van der Waals surface area contributed by atoms with Gasteiger partial charge in [-0.2, -0.15) is 0 Å². The van der Waals surface area contributed by atoms with Gasteiger partial charge in [-0.1, -0.05) is 0 Å². The maximum atomic E-state index is 9.81. The first kappa shape index (κ1) is 16.8. The van der Waals surface area contributed by atoms with E-state index >= 15 is 0 Å². The van der Waals surface area contributed by atoms with Gasteiger partial charge in [-0.25, -0.2) is 0 Å². The lowest BCUT2D eigenvalue weighted by Crippen LogP contribution is -2.50. The van der Waals surface area contributed by atoms with Gasteiger partial charge in [-0.05, 0) is 39.8 Å². The van der Waals surface area contributed by atoms with Crippen molar-refractivity contribution < 1.29 is 19.7 Å². The van der Waals surface area contributed by atoms with Crippen LogP contribution in [-0.2, 0) is 9.47 Å². The SMILES string of the molecule is CC(C)(COCCCN)C(O)(O)OCCCN. The summed E-state index contributed by atoms with van der Waals surface area (Å²) in [5, 5.41) is 19.6. The first-order chi connectivity index (χ1) is 7.87. The molecule has 0 aliphatic rings. The Morgan fingerprint density at radius 1 is 1.00 bits per heavy atom. The molecule has 0 spiro atoms. The highest BCUT2D eigenvalue weighted by molar-refractivity contribution is 4.77. The Labute approximate surface area is 103 Å². The van der Waals surface area contributed by atoms with Gasteiger partial charge >= 0.3 is 0 Å². The summed E-state index contributed by atoms with van der Waals surface area (Å²) < 4.78 is 10.3. The highest BCUT2D eigenvalue weighted by Gasteiger charge is 2.43. The van der Waals surface area contributed by atoms with E-state index in [1.165, 1.54) is 0 Å². The van der Waals surface area contributed by atoms with Crippen LogP contribution in [-0.4, -0.2) is 49.1 Å². The van der Waals surface area contributed by atoms with Crippen molar-refractivity contribution in [1.82, 2.24) is 0 Å². The fourth-order valence-electron chi connectivity index (χ4n) is 1.10. The quantitative estimate of drug-likeness (QED) is 0.304. The van der Waals surface area contributed by atoms with E-state index < -0.39 is 11.4 Å². The van der Waals surface area contributed by atoms with Gasteiger partial charge in [0.15, 0.2) is 0 Å². The standard InChI is InChI=1S/C11H26N2O4/c1-10(2,9-16-7-3-5-12)11(14,15)17-8-4-6-13/h14-15H,3-9,12-13H2,1-2H3. The maximum absolute atomic E-state index is 9.81. The molecule has 0 aliphatic carbocycles. The van der Waals surface area contributed by atoms with Crippen molar-refractivity contribution in [2.45, 2.75) is 32.7 Å². The molecule has 0 aromatic carbocycles. The molecule has 104 valence electrons. The average Bonchev–Trinajstić information content (AvgIpc) is 2.24. The topological polar surface area (TPSA) is 111 Å². The lowest BCUT2D eigenvalue weighted by Gasteiger charge is -2.37. The minimum Gasteiger partial charge on any atom is -0.381 e. The van der Waals surface area contributed by atoms with Crippen LogP contribution < -0.4 is 11.5 Å². The Kier molecular flexibility index (Phi) is 7.85. The third-order valence-corrected chi connectivity index (χ3v) is 2.49. The highest BCUT2D eigenvalue weighted by atomic mass is 16.8. The summed E-state index contributed by atoms with van der Waals surface area (Å²) in [7, 11) is 0. The van der Waals surface area contributed by atoms with Crippen LogP contribution in [0, 0.1) is 5.41 Å². The normalized spacial score (nSPS) is 13.1. The fraction of sp³-hybridized carbons (Fsp3) is 1.00. The Balaban J connectivity index is 4.05. The molecule has 0 atom stereocenters. The molecule has 0 radical (unpaired) electrons. The van der Waals surface area contributed by atoms with Crippen LogP contribution in [0.3, 0.4) is 0 Å². The molecular formula is C11H26N2O4. The van der Waals surface area contributed by atoms with Gasteiger partial charge < -0.3 is 31.2 Å². The molecule has 0 fully saturated rings. The molecule has 0 heterocycles. The first-order valence-corrected chi connectivity index (χ1v) is 5.94. The fourth-order valence-corrected chi connectivity index (χ4v) is 1.10. The number of ether oxygens (including phenoxy) is 2. The predicted octanol–water partition coefficient (Wildman–Crippen LogP) is -0.618. The molecule has 6 nitrogen and oxygen atoms in total. The third kappa shape index (κ3) is 6.30. The summed E-state index contributed by atoms with van der Waals surface area (Å²) in [4.78, 5) is 0. The third-order valence-electron chi connectivity index (χ3n) is 2.49. The molecular weight excluding hydrogens is 224 g/mol. The Bertz CT molecular complexity index is 198. The maximum Gasteiger partial charge on any atom is 0.285 e. The van der Waals surface area contributed by atoms with E-state index in [9.17, 15) is 10.2 Å². The lowest BCUT2D eigenvalue weighted by atomic mass is 9.91. The Morgan fingerprint density at radius 3 is 2.06 bits per heavy atom. The van der Waals surface area contributed by atoms with Gasteiger partial charge in [-0.15, -0.1) is 0 Å². The van der Waals surface area contributed by atoms with Crippen molar-refractivity contribution in [3.8, 4) is 0 Å². The van der Waals surface area contributed by atoms with Crippen LogP contribution in [0.25, 0.3) is 0 Å². The van der Waals surface area contributed by atoms with E-state index in [-0.39, 0.29) is 13.2 Å². The van der Waals surface area contributed by atoms with Gasteiger partial charge in [0.25, 0.3) is 5.97 Å². The van der Waals surface area contributed by atoms with E-state index in [1.807, 2.05) is 0 Å². The summed E-state index contributed by atoms with van der Waals surface area (Å²) in [6, 6.07) is 0. The molecule has 0 aromatic heterocycles. The number of aliphatic hydroxyl groups is 2. The summed E-state index contributed by atoms with van der Waals surface area (Å²) in [5.74, 6) is -2.22. The van der Waals surface area contributed by atoms with Gasteiger partial charge in [0.2, 0.25) is 0 Å². The zero-order valence-electron chi connectivity index (χ0n) is 10.8. The minimum absolute atomic E-state index is 0.183. The van der Waals surface area contributed by atoms with Crippen molar-refractivity contribution in [3.05, 3.63) is 0 Å². The van der Waals surface area contributed by atoms with Gasteiger partial charge in [0, 0.05) is 6.61 Å². The minimum atomic E-state index is -2.22. The smallest absolute Gasteiger partial charge is 0.285 e. The van der Waals surface area contributed by atoms with Gasteiger partial charge in [-0.3, -0.25) is 0 Å². The van der Waals surface area contributed by atoms with E-state index in [0.717, 1.165) is 6.42 Å². The van der Waals surface area contributed by atoms with Crippen LogP contribution in [0.4, 0.5) is 0 Å². The summed E-state index contributed by atoms with van der Waals surface area (Å²) in [6.07, 6.45) is 1.32. The van der Waals surface area contributed by atoms with E-state index in [4.69, 9.17) is 20.9 Å². The summed E-state index contributed by atoms with van der Waals surface area (Å²) in [5.41, 5.74) is 9.71. The molecule has 0 aromatic rings. The van der Waals surface area contributed by atoms with Crippen molar-refractivity contribution >= 4 is 0 Å². The van der Waals surface area contributed by atoms with E-state index in [2.05, 4.69) is 0 Å². The molecule has 0 bridgehead atoms. The molecule has 0 saturated heterocycles. The molecule has 17 heavy (non-hydrogen) atoms. The van der Waals surface area contributed by atoms with E-state index in [1.54, 1.807) is 13.8 Å². The molecule has 0 rings (SSSR count). The second kappa shape index (κ2) is 7.97. The van der Waals surface area contributed by atoms with E-state index in [0.29, 0.717) is 26.1 Å². The molecule has 0 unspecified atom stereocenters. The van der Waals surface area contributed by atoms with Gasteiger partial charge in [0.1, 0.15) is 0 Å². The molecule has 0 saturated carbocycles. The Hall–Kier alpha value is -0.240. The number of hydrogen-bond acceptors (Lipinski definition) is 6. The molecule has 6 heteroatoms. The monoisotopic (exact) mass is 250 g/mol. The van der Waals surface area contributed by atoms with Crippen LogP contribution >= 0.6 is 0 Å². The predicted molar refractivity (Wildman–Crippen MR) is 65.1 cm³/mol. The summed E-state index contributed by atoms with van der Waals surface area (Å²) in [6.45, 7) is 5.22. The van der Waals surface area contributed by atoms with Crippen LogP contribution in [0.15, 0.2) is 0 Å². The Morgan fingerprint density at radius 2 is 1.53 bits per heavy atom. The zero-order chi connectivity index (χ0) is 13.4. The van der Waals surface area contributed by atoms with Crippen LogP contribution in [0.1, 0.15) is 26.7 Å². The highest BCUT2D eigenvalue weighted by Crippen LogP contribution is 2.30. The van der Waals surface area contributed by atoms with Crippen molar-refractivity contribution in [3.63, 3.8) is 0 Å². The second-order valence-electron chi connectivity index (χ2n) is 4.68. The molecule has 0 amide bonds. The van der Waals surface area contributed by atoms with Crippen molar-refractivity contribution in [2.24, 2.45) is 16.9 Å². The largest absolute Gasteiger partial charge is 0.381 e. The number of rotatable bonds is 10. The average molecular weight is 250 g/mol. The lowest BCUT2D eigenvalue weighted by molar-refractivity contribution is -0.394. The molecule has 6 N–H and O–H groups in total. The van der Waals surface area contributed by atoms with Crippen molar-refractivity contribution in [1.29, 1.82) is 0 Å². The van der Waals surface area contributed by atoms with Gasteiger partial charge in [0.05, 0.1) is 18.6 Å². The first-order valence-electron chi connectivity index (χ1n) is 5.94.